The third-order valence-electron chi connectivity index (χ3n) is 4.18. The number of amides is 4. The number of hydrogen-bond acceptors (Lipinski definition) is 3. The highest BCUT2D eigenvalue weighted by molar-refractivity contribution is 9.10. The van der Waals surface area contributed by atoms with E-state index in [1.165, 1.54) is 12.1 Å². The fraction of sp³-hybridized carbons (Fsp3) is 0.167. The standard InChI is InChI=1S/C18H14BrCl2N3O3/c1-18(10-3-2-4-11(19)7-10)16(26)24(17(27)23-18)9-15(25)22-14-8-12(20)5-6-13(14)21/h2-8H,9H2,1H3,(H,22,25)(H,23,27). The summed E-state index contributed by atoms with van der Waals surface area (Å²) in [7, 11) is 0. The number of urea groups is 1. The van der Waals surface area contributed by atoms with Gasteiger partial charge in [0.1, 0.15) is 12.1 Å². The van der Waals surface area contributed by atoms with Crippen LogP contribution in [0, 0.1) is 0 Å². The molecule has 1 unspecified atom stereocenters. The normalized spacial score (nSPS) is 19.2. The molecule has 27 heavy (non-hydrogen) atoms. The highest BCUT2D eigenvalue weighted by Gasteiger charge is 2.49. The van der Waals surface area contributed by atoms with Gasteiger partial charge in [0.25, 0.3) is 5.91 Å². The predicted octanol–water partition coefficient (Wildman–Crippen LogP) is 4.16. The van der Waals surface area contributed by atoms with Crippen molar-refractivity contribution >= 4 is 62.7 Å². The molecule has 1 aliphatic heterocycles. The topological polar surface area (TPSA) is 78.5 Å². The minimum Gasteiger partial charge on any atom is -0.323 e. The summed E-state index contributed by atoms with van der Waals surface area (Å²) in [6.45, 7) is 1.15. The van der Waals surface area contributed by atoms with E-state index in [-0.39, 0.29) is 0 Å². The lowest BCUT2D eigenvalue weighted by Crippen LogP contribution is -2.42. The van der Waals surface area contributed by atoms with Crippen LogP contribution >= 0.6 is 39.1 Å². The van der Waals surface area contributed by atoms with Crippen molar-refractivity contribution in [1.29, 1.82) is 0 Å². The molecule has 4 amide bonds. The van der Waals surface area contributed by atoms with Crippen molar-refractivity contribution in [3.8, 4) is 0 Å². The van der Waals surface area contributed by atoms with Gasteiger partial charge >= 0.3 is 6.03 Å². The van der Waals surface area contributed by atoms with Crippen LogP contribution in [0.5, 0.6) is 0 Å². The van der Waals surface area contributed by atoms with Crippen LogP contribution < -0.4 is 10.6 Å². The molecule has 1 aliphatic rings. The molecule has 1 fully saturated rings. The monoisotopic (exact) mass is 469 g/mol. The van der Waals surface area contributed by atoms with E-state index in [2.05, 4.69) is 26.6 Å². The Morgan fingerprint density at radius 1 is 1.22 bits per heavy atom. The molecular weight excluding hydrogens is 457 g/mol. The zero-order valence-corrected chi connectivity index (χ0v) is 17.2. The average Bonchev–Trinajstić information content (AvgIpc) is 2.82. The van der Waals surface area contributed by atoms with Crippen molar-refractivity contribution in [2.45, 2.75) is 12.5 Å². The van der Waals surface area contributed by atoms with Gasteiger partial charge in [-0.1, -0.05) is 51.3 Å². The summed E-state index contributed by atoms with van der Waals surface area (Å²) in [6, 6.07) is 11.0. The zero-order chi connectivity index (χ0) is 19.8. The van der Waals surface area contributed by atoms with Crippen LogP contribution in [0.3, 0.4) is 0 Å². The molecule has 0 aromatic heterocycles. The van der Waals surface area contributed by atoms with Gasteiger partial charge in [0, 0.05) is 9.50 Å². The Bertz CT molecular complexity index is 953. The first-order valence-corrected chi connectivity index (χ1v) is 9.40. The average molecular weight is 471 g/mol. The van der Waals surface area contributed by atoms with E-state index in [1.54, 1.807) is 31.2 Å². The third-order valence-corrected chi connectivity index (χ3v) is 5.24. The van der Waals surface area contributed by atoms with Crippen LogP contribution in [0.2, 0.25) is 10.0 Å². The molecule has 3 rings (SSSR count). The summed E-state index contributed by atoms with van der Waals surface area (Å²) in [6.07, 6.45) is 0. The summed E-state index contributed by atoms with van der Waals surface area (Å²) in [5.74, 6) is -1.08. The van der Waals surface area contributed by atoms with Crippen LogP contribution in [0.4, 0.5) is 10.5 Å². The maximum atomic E-state index is 12.9. The lowest BCUT2D eigenvalue weighted by atomic mass is 9.92. The number of nitrogens with one attached hydrogen (secondary N) is 2. The fourth-order valence-corrected chi connectivity index (χ4v) is 3.50. The second-order valence-electron chi connectivity index (χ2n) is 6.13. The number of anilines is 1. The summed E-state index contributed by atoms with van der Waals surface area (Å²) in [5, 5.41) is 5.90. The predicted molar refractivity (Wildman–Crippen MR) is 107 cm³/mol. The number of imide groups is 1. The van der Waals surface area contributed by atoms with Gasteiger partial charge in [-0.15, -0.1) is 0 Å². The second kappa shape index (κ2) is 7.50. The van der Waals surface area contributed by atoms with Crippen LogP contribution in [-0.2, 0) is 15.1 Å². The molecule has 0 spiro atoms. The first-order valence-electron chi connectivity index (χ1n) is 7.86. The van der Waals surface area contributed by atoms with Gasteiger partial charge in [-0.2, -0.15) is 0 Å². The summed E-state index contributed by atoms with van der Waals surface area (Å²) in [4.78, 5) is 38.4. The van der Waals surface area contributed by atoms with E-state index in [9.17, 15) is 14.4 Å². The molecule has 1 saturated heterocycles. The van der Waals surface area contributed by atoms with Gasteiger partial charge in [0.05, 0.1) is 10.7 Å². The molecule has 0 aliphatic carbocycles. The van der Waals surface area contributed by atoms with Crippen LogP contribution in [-0.4, -0.2) is 29.3 Å². The summed E-state index contributed by atoms with van der Waals surface area (Å²) >= 11 is 15.3. The Labute approximate surface area is 173 Å². The maximum Gasteiger partial charge on any atom is 0.325 e. The highest BCUT2D eigenvalue weighted by Crippen LogP contribution is 2.30. The number of nitrogens with zero attached hydrogens (tertiary/aromatic N) is 1. The van der Waals surface area contributed by atoms with Crippen molar-refractivity contribution in [2.75, 3.05) is 11.9 Å². The Morgan fingerprint density at radius 3 is 2.67 bits per heavy atom. The van der Waals surface area contributed by atoms with Crippen molar-refractivity contribution < 1.29 is 14.4 Å². The van der Waals surface area contributed by atoms with E-state index in [0.29, 0.717) is 21.3 Å². The second-order valence-corrected chi connectivity index (χ2v) is 7.89. The summed E-state index contributed by atoms with van der Waals surface area (Å²) in [5.41, 5.74) is -0.346. The molecule has 9 heteroatoms. The first-order chi connectivity index (χ1) is 12.7. The molecule has 140 valence electrons. The fourth-order valence-electron chi connectivity index (χ4n) is 2.76. The Balaban J connectivity index is 1.77. The van der Waals surface area contributed by atoms with Crippen molar-refractivity contribution in [3.05, 3.63) is 62.5 Å². The number of carbonyl (C=O) groups is 3. The quantitative estimate of drug-likeness (QED) is 0.658. The minimum atomic E-state index is -1.26. The Hall–Kier alpha value is -2.09. The van der Waals surface area contributed by atoms with Gasteiger partial charge in [-0.3, -0.25) is 14.5 Å². The summed E-state index contributed by atoms with van der Waals surface area (Å²) < 4.78 is 0.773. The number of hydrogen-bond donors (Lipinski definition) is 2. The van der Waals surface area contributed by atoms with Crippen LogP contribution in [0.25, 0.3) is 0 Å². The van der Waals surface area contributed by atoms with Crippen molar-refractivity contribution in [2.24, 2.45) is 0 Å². The van der Waals surface area contributed by atoms with E-state index in [1.807, 2.05) is 6.07 Å². The molecule has 2 aromatic rings. The van der Waals surface area contributed by atoms with E-state index in [0.717, 1.165) is 9.37 Å². The van der Waals surface area contributed by atoms with E-state index >= 15 is 0 Å². The molecular formula is C18H14BrCl2N3O3. The number of carbonyl (C=O) groups excluding carboxylic acids is 3. The van der Waals surface area contributed by atoms with Crippen LogP contribution in [0.15, 0.2) is 46.9 Å². The highest BCUT2D eigenvalue weighted by atomic mass is 79.9. The van der Waals surface area contributed by atoms with Gasteiger partial charge in [-0.05, 0) is 42.8 Å². The number of rotatable bonds is 4. The number of halogens is 3. The van der Waals surface area contributed by atoms with Crippen LogP contribution in [0.1, 0.15) is 12.5 Å². The lowest BCUT2D eigenvalue weighted by molar-refractivity contribution is -0.133. The lowest BCUT2D eigenvalue weighted by Gasteiger charge is -2.22. The molecule has 0 bridgehead atoms. The SMILES string of the molecule is CC1(c2cccc(Br)c2)NC(=O)N(CC(=O)Nc2cc(Cl)ccc2Cl)C1=O. The Kier molecular flexibility index (Phi) is 5.46. The van der Waals surface area contributed by atoms with E-state index < -0.39 is 29.9 Å². The zero-order valence-electron chi connectivity index (χ0n) is 14.1. The molecule has 2 aromatic carbocycles. The smallest absolute Gasteiger partial charge is 0.323 e. The number of benzene rings is 2. The van der Waals surface area contributed by atoms with Crippen molar-refractivity contribution in [1.82, 2.24) is 10.2 Å². The van der Waals surface area contributed by atoms with Crippen molar-refractivity contribution in [3.63, 3.8) is 0 Å². The third kappa shape index (κ3) is 3.95. The minimum absolute atomic E-state index is 0.295. The van der Waals surface area contributed by atoms with Gasteiger partial charge in [0.15, 0.2) is 0 Å². The maximum absolute atomic E-state index is 12.9. The molecule has 1 heterocycles. The largest absolute Gasteiger partial charge is 0.325 e. The molecule has 1 atom stereocenters. The Morgan fingerprint density at radius 2 is 1.96 bits per heavy atom. The first kappa shape index (κ1) is 19.7. The molecule has 0 radical (unpaired) electrons. The van der Waals surface area contributed by atoms with Gasteiger partial charge in [0.2, 0.25) is 5.91 Å². The molecule has 2 N–H and O–H groups in total. The molecule has 0 saturated carbocycles. The molecule has 6 nitrogen and oxygen atoms in total. The van der Waals surface area contributed by atoms with Gasteiger partial charge < -0.3 is 10.6 Å². The van der Waals surface area contributed by atoms with Gasteiger partial charge in [-0.25, -0.2) is 4.79 Å². The van der Waals surface area contributed by atoms with E-state index in [4.69, 9.17) is 23.2 Å².